The van der Waals surface area contributed by atoms with Crippen molar-refractivity contribution in [3.63, 3.8) is 0 Å². The molecule has 2 unspecified atom stereocenters. The number of fused-ring (bicyclic) bond motifs is 1. The summed E-state index contributed by atoms with van der Waals surface area (Å²) < 4.78 is 4.58. The average molecular weight is 534 g/mol. The lowest BCUT2D eigenvalue weighted by molar-refractivity contribution is -0.147. The number of amides is 3. The summed E-state index contributed by atoms with van der Waals surface area (Å²) in [5.74, 6) is -3.42. The minimum absolute atomic E-state index is 0.299. The van der Waals surface area contributed by atoms with E-state index in [9.17, 15) is 24.0 Å². The predicted octanol–water partition coefficient (Wildman–Crippen LogP) is 3.25. The first-order valence-electron chi connectivity index (χ1n) is 12.4. The Kier molecular flexibility index (Phi) is 10.1. The molecule has 1 heterocycles. The maximum Gasteiger partial charge on any atom is 0.325 e. The number of benzene rings is 3. The summed E-state index contributed by atoms with van der Waals surface area (Å²) in [6.45, 7) is 2.65. The molecule has 204 valence electrons. The van der Waals surface area contributed by atoms with Crippen LogP contribution in [0.4, 0.5) is 10.5 Å². The van der Waals surface area contributed by atoms with Gasteiger partial charge in [0.25, 0.3) is 0 Å². The zero-order valence-electron chi connectivity index (χ0n) is 21.8. The maximum atomic E-state index is 12.7. The highest BCUT2D eigenvalue weighted by Gasteiger charge is 2.37. The highest BCUT2D eigenvalue weighted by molar-refractivity contribution is 5.99. The van der Waals surface area contributed by atoms with E-state index in [-0.39, 0.29) is 6.03 Å². The quantitative estimate of drug-likeness (QED) is 0.404. The molecule has 3 amide bonds. The lowest BCUT2D eigenvalue weighted by Crippen LogP contribution is -2.52. The molecule has 0 saturated carbocycles. The third kappa shape index (κ3) is 8.13. The summed E-state index contributed by atoms with van der Waals surface area (Å²) in [7, 11) is 0. The van der Waals surface area contributed by atoms with Gasteiger partial charge in [-0.2, -0.15) is 0 Å². The molecule has 1 aliphatic heterocycles. The Balaban J connectivity index is 0.000000346. The number of aliphatic carboxylic acids is 1. The Morgan fingerprint density at radius 3 is 1.95 bits per heavy atom. The number of ketones is 1. The van der Waals surface area contributed by atoms with Gasteiger partial charge in [0, 0.05) is 25.7 Å². The smallest absolute Gasteiger partial charge is 0.325 e. The van der Waals surface area contributed by atoms with Gasteiger partial charge in [-0.3, -0.25) is 24.1 Å². The number of anilines is 1. The number of rotatable bonds is 9. The summed E-state index contributed by atoms with van der Waals surface area (Å²) in [5.41, 5.74) is 0.702. The molecule has 0 aromatic heterocycles. The third-order valence-corrected chi connectivity index (χ3v) is 6.12. The van der Waals surface area contributed by atoms with Crippen molar-refractivity contribution >= 4 is 46.1 Å². The molecule has 1 saturated heterocycles. The Bertz CT molecular complexity index is 1260. The van der Waals surface area contributed by atoms with Crippen LogP contribution in [-0.2, 0) is 23.9 Å². The van der Waals surface area contributed by atoms with E-state index in [4.69, 9.17) is 5.11 Å². The first kappa shape index (κ1) is 28.8. The van der Waals surface area contributed by atoms with Crippen LogP contribution in [0.2, 0.25) is 0 Å². The molecule has 2 atom stereocenters. The van der Waals surface area contributed by atoms with Gasteiger partial charge >= 0.3 is 18.0 Å². The van der Waals surface area contributed by atoms with Crippen molar-refractivity contribution in [2.45, 2.75) is 32.4 Å². The van der Waals surface area contributed by atoms with Crippen molar-refractivity contribution in [2.75, 3.05) is 24.6 Å². The number of carboxylic acids is 1. The van der Waals surface area contributed by atoms with Crippen molar-refractivity contribution < 1.29 is 33.8 Å². The van der Waals surface area contributed by atoms with Crippen LogP contribution in [0.25, 0.3) is 10.8 Å². The van der Waals surface area contributed by atoms with Crippen LogP contribution in [0.15, 0.2) is 78.9 Å². The summed E-state index contributed by atoms with van der Waals surface area (Å²) in [6.07, 6.45) is -0.664. The second-order valence-corrected chi connectivity index (χ2v) is 8.89. The molecule has 0 spiro atoms. The Morgan fingerprint density at radius 2 is 1.44 bits per heavy atom. The van der Waals surface area contributed by atoms with Gasteiger partial charge in [-0.25, -0.2) is 4.79 Å². The molecule has 0 radical (unpaired) electrons. The van der Waals surface area contributed by atoms with Crippen molar-refractivity contribution in [1.29, 1.82) is 0 Å². The number of carboxylic acid groups (broad SMARTS) is 1. The second-order valence-electron chi connectivity index (χ2n) is 8.89. The molecule has 1 fully saturated rings. The van der Waals surface area contributed by atoms with E-state index in [2.05, 4.69) is 58.6 Å². The number of carbonyl (C=O) groups is 5. The van der Waals surface area contributed by atoms with Crippen LogP contribution in [0.3, 0.4) is 0 Å². The van der Waals surface area contributed by atoms with E-state index in [1.165, 1.54) is 27.5 Å². The molecule has 10 heteroatoms. The number of ether oxygens (including phenoxy) is 1. The van der Waals surface area contributed by atoms with Crippen molar-refractivity contribution in [3.05, 3.63) is 78.9 Å². The normalized spacial score (nSPS) is 14.2. The average Bonchev–Trinajstić information content (AvgIpc) is 3.32. The highest BCUT2D eigenvalue weighted by atomic mass is 16.5. The van der Waals surface area contributed by atoms with Crippen LogP contribution in [0.5, 0.6) is 0 Å². The lowest BCUT2D eigenvalue weighted by Gasteiger charge is -2.26. The molecular weight excluding hydrogens is 502 g/mol. The van der Waals surface area contributed by atoms with E-state index < -0.39 is 48.7 Å². The van der Waals surface area contributed by atoms with Crippen molar-refractivity contribution in [3.8, 4) is 0 Å². The van der Waals surface area contributed by atoms with Gasteiger partial charge in [0.15, 0.2) is 12.4 Å². The van der Waals surface area contributed by atoms with Crippen molar-refractivity contribution in [1.82, 2.24) is 10.2 Å². The molecule has 0 bridgehead atoms. The molecule has 3 aromatic carbocycles. The van der Waals surface area contributed by atoms with E-state index in [1.807, 2.05) is 6.07 Å². The molecule has 10 nitrogen and oxygen atoms in total. The standard InChI is InChI=1S/C19H23N3O7.C10H8/c1-12(21-8-9-22(19(21)28)14-6-4-3-5-7-14)18(27)20-15(10-17(25)26)16(24)11-29-13(2)23;1-2-6-10-8-4-3-7-9(10)5-1/h3-7,12,15H,8-11H2,1-2H3,(H,20,27)(H,25,26);1-8H. The number of hydrogen-bond donors (Lipinski definition) is 2. The van der Waals surface area contributed by atoms with E-state index in [0.29, 0.717) is 18.8 Å². The second kappa shape index (κ2) is 13.7. The monoisotopic (exact) mass is 533 g/mol. The largest absolute Gasteiger partial charge is 0.481 e. The summed E-state index contributed by atoms with van der Waals surface area (Å²) in [4.78, 5) is 62.1. The van der Waals surface area contributed by atoms with Crippen LogP contribution < -0.4 is 10.2 Å². The van der Waals surface area contributed by atoms with Crippen LogP contribution in [0.1, 0.15) is 20.3 Å². The molecular formula is C29H31N3O7. The number of urea groups is 1. The first-order chi connectivity index (χ1) is 18.7. The number of esters is 1. The molecule has 3 aromatic rings. The number of carbonyl (C=O) groups excluding carboxylic acids is 4. The maximum absolute atomic E-state index is 12.7. The predicted molar refractivity (Wildman–Crippen MR) is 145 cm³/mol. The fourth-order valence-electron chi connectivity index (χ4n) is 4.02. The molecule has 4 rings (SSSR count). The molecule has 2 N–H and O–H groups in total. The minimum Gasteiger partial charge on any atom is -0.481 e. The third-order valence-electron chi connectivity index (χ3n) is 6.12. The SMILES string of the molecule is CC(=O)OCC(=O)C(CC(=O)O)NC(=O)C(C)N1CCN(c2ccccc2)C1=O.c1ccc2ccccc2c1. The van der Waals surface area contributed by atoms with Gasteiger partial charge in [-0.05, 0) is 29.8 Å². The Hall–Kier alpha value is -4.73. The van der Waals surface area contributed by atoms with Gasteiger partial charge in [0.05, 0.1) is 6.42 Å². The van der Waals surface area contributed by atoms with E-state index in [1.54, 1.807) is 24.3 Å². The van der Waals surface area contributed by atoms with Gasteiger partial charge in [-0.1, -0.05) is 66.7 Å². The molecule has 39 heavy (non-hydrogen) atoms. The zero-order valence-corrected chi connectivity index (χ0v) is 21.8. The number of nitrogens with one attached hydrogen (secondary N) is 1. The summed E-state index contributed by atoms with van der Waals surface area (Å²) in [5, 5.41) is 14.0. The van der Waals surface area contributed by atoms with Crippen molar-refractivity contribution in [2.24, 2.45) is 0 Å². The van der Waals surface area contributed by atoms with E-state index in [0.717, 1.165) is 6.92 Å². The van der Waals surface area contributed by atoms with Gasteiger partial charge in [0.1, 0.15) is 12.1 Å². The van der Waals surface area contributed by atoms with E-state index >= 15 is 0 Å². The van der Waals surface area contributed by atoms with Crippen LogP contribution >= 0.6 is 0 Å². The van der Waals surface area contributed by atoms with Gasteiger partial charge in [-0.15, -0.1) is 0 Å². The Labute approximate surface area is 226 Å². The number of nitrogens with zero attached hydrogens (tertiary/aromatic N) is 2. The Morgan fingerprint density at radius 1 is 0.897 bits per heavy atom. The zero-order chi connectivity index (χ0) is 28.4. The summed E-state index contributed by atoms with van der Waals surface area (Å²) >= 11 is 0. The molecule has 0 aliphatic carbocycles. The summed E-state index contributed by atoms with van der Waals surface area (Å²) in [6, 6.07) is 23.0. The van der Waals surface area contributed by atoms with Gasteiger partial charge < -0.3 is 20.1 Å². The van der Waals surface area contributed by atoms with Crippen LogP contribution in [-0.4, -0.2) is 71.4 Å². The van der Waals surface area contributed by atoms with Crippen LogP contribution in [0, 0.1) is 0 Å². The first-order valence-corrected chi connectivity index (χ1v) is 12.4. The minimum atomic E-state index is -1.37. The lowest BCUT2D eigenvalue weighted by atomic mass is 10.1. The topological polar surface area (TPSA) is 133 Å². The fourth-order valence-corrected chi connectivity index (χ4v) is 4.02. The van der Waals surface area contributed by atoms with Gasteiger partial charge in [0.2, 0.25) is 5.91 Å². The number of hydrogen-bond acceptors (Lipinski definition) is 6. The molecule has 1 aliphatic rings. The number of para-hydroxylation sites is 1. The highest BCUT2D eigenvalue weighted by Crippen LogP contribution is 2.21. The fraction of sp³-hybridized carbons (Fsp3) is 0.276. The number of Topliss-reactive ketones (excluding diaryl/α,β-unsaturated/α-hetero) is 1.